The highest BCUT2D eigenvalue weighted by molar-refractivity contribution is 5.80. The van der Waals surface area contributed by atoms with E-state index in [0.29, 0.717) is 12.0 Å². The van der Waals surface area contributed by atoms with Crippen molar-refractivity contribution in [3.8, 4) is 0 Å². The Labute approximate surface area is 168 Å². The lowest BCUT2D eigenvalue weighted by Crippen LogP contribution is -2.43. The molecule has 1 aliphatic rings. The van der Waals surface area contributed by atoms with Gasteiger partial charge in [-0.3, -0.25) is 9.98 Å². The molecule has 0 bridgehead atoms. The quantitative estimate of drug-likeness (QED) is 0.540. The second-order valence-corrected chi connectivity index (χ2v) is 7.53. The number of anilines is 1. The van der Waals surface area contributed by atoms with Gasteiger partial charge in [0.1, 0.15) is 5.76 Å². The summed E-state index contributed by atoms with van der Waals surface area (Å²) >= 11 is 0. The molecule has 3 rings (SSSR count). The molecule has 28 heavy (non-hydrogen) atoms. The normalized spacial score (nSPS) is 16.8. The van der Waals surface area contributed by atoms with Crippen molar-refractivity contribution in [3.05, 3.63) is 48.7 Å². The molecule has 0 aromatic carbocycles. The van der Waals surface area contributed by atoms with Crippen LogP contribution < -0.4 is 15.5 Å². The van der Waals surface area contributed by atoms with Gasteiger partial charge in [-0.1, -0.05) is 6.92 Å². The molecule has 6 nitrogen and oxygen atoms in total. The maximum Gasteiger partial charge on any atom is 0.191 e. The van der Waals surface area contributed by atoms with Crippen molar-refractivity contribution >= 4 is 11.6 Å². The van der Waals surface area contributed by atoms with Crippen LogP contribution in [0.4, 0.5) is 5.69 Å². The molecule has 0 amide bonds. The third-order valence-corrected chi connectivity index (χ3v) is 5.39. The van der Waals surface area contributed by atoms with Crippen LogP contribution in [0.2, 0.25) is 0 Å². The number of aliphatic imine (C=N–C) groups is 1. The number of nitrogens with one attached hydrogen (secondary N) is 2. The number of piperidine rings is 1. The van der Waals surface area contributed by atoms with E-state index in [0.717, 1.165) is 50.7 Å². The smallest absolute Gasteiger partial charge is 0.191 e. The minimum absolute atomic E-state index is 0.406. The average molecular weight is 384 g/mol. The summed E-state index contributed by atoms with van der Waals surface area (Å²) in [5.41, 5.74) is 1.27. The Hall–Kier alpha value is -2.50. The summed E-state index contributed by atoms with van der Waals surface area (Å²) in [5, 5.41) is 6.97. The average Bonchev–Trinajstić information content (AvgIpc) is 3.26. The third-order valence-electron chi connectivity index (χ3n) is 5.39. The molecule has 2 aromatic heterocycles. The van der Waals surface area contributed by atoms with Crippen molar-refractivity contribution in [2.24, 2.45) is 10.9 Å². The Bertz CT molecular complexity index is 693. The summed E-state index contributed by atoms with van der Waals surface area (Å²) in [6.45, 7) is 8.24. The van der Waals surface area contributed by atoms with E-state index < -0.39 is 0 Å². The fourth-order valence-electron chi connectivity index (χ4n) is 3.40. The van der Waals surface area contributed by atoms with E-state index in [9.17, 15) is 0 Å². The summed E-state index contributed by atoms with van der Waals surface area (Å²) in [6.07, 6.45) is 9.74. The fraction of sp³-hybridized carbons (Fsp3) is 0.545. The zero-order valence-electron chi connectivity index (χ0n) is 17.1. The van der Waals surface area contributed by atoms with Gasteiger partial charge in [0.2, 0.25) is 0 Å². The van der Waals surface area contributed by atoms with Gasteiger partial charge in [0.05, 0.1) is 6.26 Å². The SMILES string of the molecule is CCC(C)NC(=NCC1CCN(c2ccncc2)CC1)NCCc1ccco1. The van der Waals surface area contributed by atoms with Crippen molar-refractivity contribution in [2.45, 2.75) is 45.6 Å². The van der Waals surface area contributed by atoms with Crippen molar-refractivity contribution < 1.29 is 4.42 Å². The lowest BCUT2D eigenvalue weighted by atomic mass is 9.97. The lowest BCUT2D eigenvalue weighted by molar-refractivity contribution is 0.414. The van der Waals surface area contributed by atoms with Crippen molar-refractivity contribution in [1.82, 2.24) is 15.6 Å². The van der Waals surface area contributed by atoms with Crippen LogP contribution in [0.15, 0.2) is 52.3 Å². The van der Waals surface area contributed by atoms with Gasteiger partial charge in [-0.2, -0.15) is 0 Å². The number of hydrogen-bond donors (Lipinski definition) is 2. The standard InChI is InChI=1S/C22H33N5O/c1-3-18(2)26-22(24-13-8-21-5-4-16-28-21)25-17-19-9-14-27(15-10-19)20-6-11-23-12-7-20/h4-7,11-12,16,18-19H,3,8-10,13-15,17H2,1-2H3,(H2,24,25,26). The molecule has 1 saturated heterocycles. The van der Waals surface area contributed by atoms with Crippen LogP contribution in [0, 0.1) is 5.92 Å². The molecule has 1 aliphatic heterocycles. The number of hydrogen-bond acceptors (Lipinski definition) is 4. The van der Waals surface area contributed by atoms with Crippen molar-refractivity contribution in [1.29, 1.82) is 0 Å². The van der Waals surface area contributed by atoms with Crippen LogP contribution in [0.1, 0.15) is 38.9 Å². The van der Waals surface area contributed by atoms with E-state index in [1.54, 1.807) is 6.26 Å². The highest BCUT2D eigenvalue weighted by Gasteiger charge is 2.19. The van der Waals surface area contributed by atoms with Gasteiger partial charge in [0.25, 0.3) is 0 Å². The predicted octanol–water partition coefficient (Wildman–Crippen LogP) is 3.47. The van der Waals surface area contributed by atoms with Crippen molar-refractivity contribution in [2.75, 3.05) is 31.1 Å². The molecular formula is C22H33N5O. The Morgan fingerprint density at radius 1 is 1.29 bits per heavy atom. The third kappa shape index (κ3) is 6.29. The first-order chi connectivity index (χ1) is 13.7. The van der Waals surface area contributed by atoms with E-state index in [1.165, 1.54) is 18.5 Å². The molecular weight excluding hydrogens is 350 g/mol. The fourth-order valence-corrected chi connectivity index (χ4v) is 3.40. The zero-order chi connectivity index (χ0) is 19.6. The van der Waals surface area contributed by atoms with Crippen LogP contribution in [0.3, 0.4) is 0 Å². The van der Waals surface area contributed by atoms with Crippen molar-refractivity contribution in [3.63, 3.8) is 0 Å². The van der Waals surface area contributed by atoms with Crippen LogP contribution in [-0.4, -0.2) is 43.2 Å². The van der Waals surface area contributed by atoms with Gasteiger partial charge in [-0.05, 0) is 56.4 Å². The summed E-state index contributed by atoms with van der Waals surface area (Å²) in [6, 6.07) is 8.53. The van der Waals surface area contributed by atoms with Gasteiger partial charge >= 0.3 is 0 Å². The molecule has 0 radical (unpaired) electrons. The highest BCUT2D eigenvalue weighted by atomic mass is 16.3. The minimum atomic E-state index is 0.406. The van der Waals surface area contributed by atoms with Crippen LogP contribution >= 0.6 is 0 Å². The molecule has 3 heterocycles. The van der Waals surface area contributed by atoms with E-state index >= 15 is 0 Å². The monoisotopic (exact) mass is 383 g/mol. The Kier molecular flexibility index (Phi) is 7.76. The second-order valence-electron chi connectivity index (χ2n) is 7.53. The lowest BCUT2D eigenvalue weighted by Gasteiger charge is -2.33. The number of furan rings is 1. The molecule has 152 valence electrons. The predicted molar refractivity (Wildman–Crippen MR) is 115 cm³/mol. The summed E-state index contributed by atoms with van der Waals surface area (Å²) in [4.78, 5) is 11.4. The molecule has 0 spiro atoms. The van der Waals surface area contributed by atoms with Crippen LogP contribution in [-0.2, 0) is 6.42 Å². The first-order valence-electron chi connectivity index (χ1n) is 10.5. The topological polar surface area (TPSA) is 65.7 Å². The first-order valence-corrected chi connectivity index (χ1v) is 10.5. The molecule has 2 aromatic rings. The van der Waals surface area contributed by atoms with E-state index in [4.69, 9.17) is 9.41 Å². The molecule has 1 atom stereocenters. The van der Waals surface area contributed by atoms with E-state index in [2.05, 4.69) is 46.5 Å². The largest absolute Gasteiger partial charge is 0.469 e. The molecule has 0 saturated carbocycles. The van der Waals surface area contributed by atoms with E-state index in [1.807, 2.05) is 24.5 Å². The van der Waals surface area contributed by atoms with Gasteiger partial charge < -0.3 is 20.0 Å². The highest BCUT2D eigenvalue weighted by Crippen LogP contribution is 2.22. The Morgan fingerprint density at radius 2 is 2.07 bits per heavy atom. The zero-order valence-corrected chi connectivity index (χ0v) is 17.1. The number of rotatable bonds is 8. The molecule has 0 aliphatic carbocycles. The van der Waals surface area contributed by atoms with Crippen LogP contribution in [0.25, 0.3) is 0 Å². The van der Waals surface area contributed by atoms with Gasteiger partial charge in [-0.15, -0.1) is 0 Å². The molecule has 1 unspecified atom stereocenters. The Morgan fingerprint density at radius 3 is 2.75 bits per heavy atom. The number of aromatic nitrogens is 1. The summed E-state index contributed by atoms with van der Waals surface area (Å²) in [5.74, 6) is 2.55. The van der Waals surface area contributed by atoms with Gasteiger partial charge in [-0.25, -0.2) is 0 Å². The Balaban J connectivity index is 1.47. The van der Waals surface area contributed by atoms with Gasteiger partial charge in [0, 0.05) is 56.7 Å². The summed E-state index contributed by atoms with van der Waals surface area (Å²) < 4.78 is 5.41. The van der Waals surface area contributed by atoms with Gasteiger partial charge in [0.15, 0.2) is 5.96 Å². The molecule has 1 fully saturated rings. The second kappa shape index (κ2) is 10.7. The maximum absolute atomic E-state index is 5.41. The molecule has 2 N–H and O–H groups in total. The number of nitrogens with zero attached hydrogens (tertiary/aromatic N) is 3. The molecule has 6 heteroatoms. The maximum atomic E-state index is 5.41. The summed E-state index contributed by atoms with van der Waals surface area (Å²) in [7, 11) is 0. The number of pyridine rings is 1. The van der Waals surface area contributed by atoms with E-state index in [-0.39, 0.29) is 0 Å². The van der Waals surface area contributed by atoms with Crippen LogP contribution in [0.5, 0.6) is 0 Å². The minimum Gasteiger partial charge on any atom is -0.469 e. The number of guanidine groups is 1. The first kappa shape index (κ1) is 20.2.